The van der Waals surface area contributed by atoms with Gasteiger partial charge in [-0.2, -0.15) is 0 Å². The summed E-state index contributed by atoms with van der Waals surface area (Å²) < 4.78 is 42.8. The summed E-state index contributed by atoms with van der Waals surface area (Å²) in [6, 6.07) is 4.02. The van der Waals surface area contributed by atoms with Gasteiger partial charge in [-0.05, 0) is 49.4 Å². The molecular formula is C17H25NO5S. The molecule has 7 heteroatoms. The number of methoxy groups -OCH3 is 2. The van der Waals surface area contributed by atoms with Gasteiger partial charge >= 0.3 is 0 Å². The first-order chi connectivity index (χ1) is 11.5. The van der Waals surface area contributed by atoms with E-state index in [1.807, 2.05) is 12.1 Å². The smallest absolute Gasteiger partial charge is 0.213 e. The molecule has 0 unspecified atom stereocenters. The van der Waals surface area contributed by atoms with Gasteiger partial charge in [0.25, 0.3) is 0 Å². The maximum atomic E-state index is 12.1. The highest BCUT2D eigenvalue weighted by molar-refractivity contribution is 7.89. The third-order valence-corrected chi connectivity index (χ3v) is 7.02. The predicted octanol–water partition coefficient (Wildman–Crippen LogP) is 1.92. The van der Waals surface area contributed by atoms with Crippen molar-refractivity contribution in [1.82, 2.24) is 4.31 Å². The van der Waals surface area contributed by atoms with E-state index in [9.17, 15) is 8.42 Å². The van der Waals surface area contributed by atoms with Crippen LogP contribution in [-0.4, -0.2) is 52.4 Å². The summed E-state index contributed by atoms with van der Waals surface area (Å²) in [6.45, 7) is 3.31. The zero-order valence-corrected chi connectivity index (χ0v) is 15.3. The number of fused-ring (bicyclic) bond motifs is 2. The average molecular weight is 355 g/mol. The molecule has 0 bridgehead atoms. The lowest BCUT2D eigenvalue weighted by Crippen LogP contribution is -2.48. The Morgan fingerprint density at radius 1 is 1.17 bits per heavy atom. The molecule has 3 rings (SSSR count). The molecule has 0 atom stereocenters. The number of ether oxygens (including phenoxy) is 3. The molecule has 0 amide bonds. The Hall–Kier alpha value is -1.31. The summed E-state index contributed by atoms with van der Waals surface area (Å²) in [5.74, 6) is 1.55. The number of hydrogen-bond acceptors (Lipinski definition) is 5. The van der Waals surface area contributed by atoms with Gasteiger partial charge in [-0.1, -0.05) is 0 Å². The van der Waals surface area contributed by atoms with Gasteiger partial charge in [-0.3, -0.25) is 0 Å². The van der Waals surface area contributed by atoms with E-state index in [1.165, 1.54) is 5.56 Å². The molecule has 0 saturated carbocycles. The molecule has 0 radical (unpaired) electrons. The molecule has 0 N–H and O–H groups in total. The maximum Gasteiger partial charge on any atom is 0.213 e. The van der Waals surface area contributed by atoms with Crippen LogP contribution in [0.2, 0.25) is 0 Å². The monoisotopic (exact) mass is 355 g/mol. The number of benzene rings is 1. The van der Waals surface area contributed by atoms with Crippen molar-refractivity contribution in [2.24, 2.45) is 0 Å². The van der Waals surface area contributed by atoms with Crippen molar-refractivity contribution >= 4 is 10.0 Å². The van der Waals surface area contributed by atoms with Gasteiger partial charge in [0.1, 0.15) is 0 Å². The van der Waals surface area contributed by atoms with Crippen molar-refractivity contribution in [2.45, 2.75) is 31.8 Å². The SMILES string of the molecule is CCS(=O)(=O)N1CCC2(CC1)OCCc1cc(OC)c(OC)cc12. The lowest BCUT2D eigenvalue weighted by Gasteiger charge is -2.44. The fourth-order valence-corrected chi connectivity index (χ4v) is 4.81. The summed E-state index contributed by atoms with van der Waals surface area (Å²) in [7, 11) is 0.110. The van der Waals surface area contributed by atoms with Crippen LogP contribution in [0.4, 0.5) is 0 Å². The molecule has 24 heavy (non-hydrogen) atoms. The largest absolute Gasteiger partial charge is 0.493 e. The van der Waals surface area contributed by atoms with Crippen LogP contribution in [0.15, 0.2) is 12.1 Å². The van der Waals surface area contributed by atoms with Gasteiger partial charge in [0.2, 0.25) is 10.0 Å². The van der Waals surface area contributed by atoms with Crippen LogP contribution < -0.4 is 9.47 Å². The van der Waals surface area contributed by atoms with E-state index in [4.69, 9.17) is 14.2 Å². The molecular weight excluding hydrogens is 330 g/mol. The normalized spacial score (nSPS) is 20.6. The number of rotatable bonds is 4. The molecule has 0 aliphatic carbocycles. The van der Waals surface area contributed by atoms with Crippen molar-refractivity contribution in [1.29, 1.82) is 0 Å². The van der Waals surface area contributed by atoms with Crippen molar-refractivity contribution in [3.63, 3.8) is 0 Å². The number of nitrogens with zero attached hydrogens (tertiary/aromatic N) is 1. The average Bonchev–Trinajstić information content (AvgIpc) is 2.61. The first-order valence-electron chi connectivity index (χ1n) is 8.33. The minimum Gasteiger partial charge on any atom is -0.493 e. The zero-order chi connectivity index (χ0) is 17.4. The molecule has 2 aliphatic heterocycles. The second-order valence-electron chi connectivity index (χ2n) is 6.26. The third kappa shape index (κ3) is 2.89. The fourth-order valence-electron chi connectivity index (χ4n) is 3.71. The van der Waals surface area contributed by atoms with Gasteiger partial charge in [0.05, 0.1) is 32.2 Å². The first kappa shape index (κ1) is 17.5. The Balaban J connectivity index is 1.93. The van der Waals surface area contributed by atoms with Crippen LogP contribution in [0.5, 0.6) is 11.5 Å². The summed E-state index contributed by atoms with van der Waals surface area (Å²) in [4.78, 5) is 0. The van der Waals surface area contributed by atoms with Crippen LogP contribution in [0, 0.1) is 0 Å². The van der Waals surface area contributed by atoms with E-state index in [-0.39, 0.29) is 5.75 Å². The molecule has 2 heterocycles. The molecule has 1 fully saturated rings. The van der Waals surface area contributed by atoms with Gasteiger partial charge in [0, 0.05) is 13.1 Å². The van der Waals surface area contributed by atoms with Gasteiger partial charge in [0.15, 0.2) is 11.5 Å². The summed E-state index contributed by atoms with van der Waals surface area (Å²) in [6.07, 6.45) is 2.15. The van der Waals surface area contributed by atoms with Crippen molar-refractivity contribution in [3.8, 4) is 11.5 Å². The Morgan fingerprint density at radius 3 is 2.38 bits per heavy atom. The zero-order valence-electron chi connectivity index (χ0n) is 14.5. The quantitative estimate of drug-likeness (QED) is 0.826. The lowest BCUT2D eigenvalue weighted by atomic mass is 9.79. The van der Waals surface area contributed by atoms with E-state index < -0.39 is 15.6 Å². The van der Waals surface area contributed by atoms with Crippen LogP contribution in [-0.2, 0) is 26.8 Å². The molecule has 134 valence electrons. The van der Waals surface area contributed by atoms with E-state index in [2.05, 4.69) is 0 Å². The molecule has 2 aliphatic rings. The Bertz CT molecular complexity index is 708. The molecule has 1 spiro atoms. The van der Waals surface area contributed by atoms with E-state index in [0.717, 1.165) is 17.7 Å². The minimum atomic E-state index is -3.14. The van der Waals surface area contributed by atoms with Crippen LogP contribution >= 0.6 is 0 Å². The van der Waals surface area contributed by atoms with Gasteiger partial charge in [-0.25, -0.2) is 12.7 Å². The van der Waals surface area contributed by atoms with E-state index in [1.54, 1.807) is 25.4 Å². The minimum absolute atomic E-state index is 0.141. The molecule has 6 nitrogen and oxygen atoms in total. The number of hydrogen-bond donors (Lipinski definition) is 0. The van der Waals surface area contributed by atoms with Crippen molar-refractivity contribution in [3.05, 3.63) is 23.3 Å². The summed E-state index contributed by atoms with van der Waals surface area (Å²) in [5, 5.41) is 0. The Kier molecular flexibility index (Phi) is 4.77. The van der Waals surface area contributed by atoms with Crippen LogP contribution in [0.25, 0.3) is 0 Å². The standard InChI is InChI=1S/C17H25NO5S/c1-4-24(19,20)18-8-6-17(7-9-18)14-12-16(22-3)15(21-2)11-13(14)5-10-23-17/h11-12H,4-10H2,1-3H3. The molecule has 0 aromatic heterocycles. The van der Waals surface area contributed by atoms with Gasteiger partial charge < -0.3 is 14.2 Å². The second-order valence-corrected chi connectivity index (χ2v) is 8.51. The van der Waals surface area contributed by atoms with Crippen molar-refractivity contribution in [2.75, 3.05) is 39.7 Å². The maximum absolute atomic E-state index is 12.1. The fraction of sp³-hybridized carbons (Fsp3) is 0.647. The highest BCUT2D eigenvalue weighted by Crippen LogP contribution is 2.45. The molecule has 1 saturated heterocycles. The first-order valence-corrected chi connectivity index (χ1v) is 9.94. The second kappa shape index (κ2) is 6.54. The van der Waals surface area contributed by atoms with E-state index >= 15 is 0 Å². The predicted molar refractivity (Wildman–Crippen MR) is 91.1 cm³/mol. The molecule has 1 aromatic rings. The van der Waals surface area contributed by atoms with E-state index in [0.29, 0.717) is 38.3 Å². The van der Waals surface area contributed by atoms with Crippen molar-refractivity contribution < 1.29 is 22.6 Å². The third-order valence-electron chi connectivity index (χ3n) is 5.14. The number of sulfonamides is 1. The topological polar surface area (TPSA) is 65.1 Å². The number of piperidine rings is 1. The summed E-state index contributed by atoms with van der Waals surface area (Å²) >= 11 is 0. The highest BCUT2D eigenvalue weighted by atomic mass is 32.2. The summed E-state index contributed by atoms with van der Waals surface area (Å²) in [5.41, 5.74) is 1.89. The Labute approximate surface area is 143 Å². The molecule has 1 aromatic carbocycles. The Morgan fingerprint density at radius 2 is 1.79 bits per heavy atom. The van der Waals surface area contributed by atoms with Crippen LogP contribution in [0.3, 0.4) is 0 Å². The van der Waals surface area contributed by atoms with Crippen LogP contribution in [0.1, 0.15) is 30.9 Å². The lowest BCUT2D eigenvalue weighted by molar-refractivity contribution is -0.0893. The van der Waals surface area contributed by atoms with Gasteiger partial charge in [-0.15, -0.1) is 0 Å². The highest BCUT2D eigenvalue weighted by Gasteiger charge is 2.43.